The van der Waals surface area contributed by atoms with Gasteiger partial charge >= 0.3 is 0 Å². The summed E-state index contributed by atoms with van der Waals surface area (Å²) >= 11 is 6.09. The normalized spacial score (nSPS) is 29.0. The highest BCUT2D eigenvalue weighted by atomic mass is 35.5. The molecule has 26 heavy (non-hydrogen) atoms. The van der Waals surface area contributed by atoms with Crippen molar-refractivity contribution in [2.75, 3.05) is 33.0 Å². The summed E-state index contributed by atoms with van der Waals surface area (Å²) in [6.45, 7) is 3.76. The highest BCUT2D eigenvalue weighted by Crippen LogP contribution is 2.47. The molecule has 3 aliphatic rings. The molecule has 5 heteroatoms. The number of piperidine rings is 1. The van der Waals surface area contributed by atoms with E-state index in [2.05, 4.69) is 11.0 Å². The number of fused-ring (bicyclic) bond motifs is 1. The Balaban J connectivity index is 1.58. The fourth-order valence-corrected chi connectivity index (χ4v) is 5.12. The maximum atomic E-state index is 13.2. The minimum Gasteiger partial charge on any atom is -0.380 e. The van der Waals surface area contributed by atoms with Gasteiger partial charge in [-0.25, -0.2) is 0 Å². The van der Waals surface area contributed by atoms with Crippen molar-refractivity contribution in [1.82, 2.24) is 4.90 Å². The molecular formula is C21H26ClNO3. The summed E-state index contributed by atoms with van der Waals surface area (Å²) in [5.74, 6) is 0.205. The van der Waals surface area contributed by atoms with Crippen LogP contribution in [0.15, 0.2) is 35.9 Å². The zero-order valence-electron chi connectivity index (χ0n) is 15.1. The first-order chi connectivity index (χ1) is 12.7. The fourth-order valence-electron chi connectivity index (χ4n) is 4.90. The lowest BCUT2D eigenvalue weighted by Gasteiger charge is -2.54. The van der Waals surface area contributed by atoms with E-state index in [0.717, 1.165) is 57.6 Å². The lowest BCUT2D eigenvalue weighted by molar-refractivity contribution is -0.146. The van der Waals surface area contributed by atoms with E-state index in [1.54, 1.807) is 0 Å². The third-order valence-corrected chi connectivity index (χ3v) is 6.33. The van der Waals surface area contributed by atoms with Gasteiger partial charge in [0.2, 0.25) is 5.91 Å². The first kappa shape index (κ1) is 18.0. The van der Waals surface area contributed by atoms with Gasteiger partial charge in [-0.1, -0.05) is 35.4 Å². The minimum atomic E-state index is -0.0235. The first-order valence-corrected chi connectivity index (χ1v) is 9.96. The highest BCUT2D eigenvalue weighted by molar-refractivity contribution is 6.30. The molecule has 0 N–H and O–H groups in total. The number of rotatable bonds is 3. The van der Waals surface area contributed by atoms with Crippen molar-refractivity contribution in [2.24, 2.45) is 5.41 Å². The maximum absolute atomic E-state index is 13.2. The monoisotopic (exact) mass is 375 g/mol. The minimum absolute atomic E-state index is 0.0235. The van der Waals surface area contributed by atoms with E-state index < -0.39 is 0 Å². The molecule has 0 spiro atoms. The molecule has 4 nitrogen and oxygen atoms in total. The van der Waals surface area contributed by atoms with Crippen LogP contribution >= 0.6 is 11.6 Å². The van der Waals surface area contributed by atoms with Crippen molar-refractivity contribution in [3.05, 3.63) is 46.5 Å². The molecule has 0 aliphatic carbocycles. The van der Waals surface area contributed by atoms with Crippen LogP contribution in [0.25, 0.3) is 0 Å². The number of hydrogen-bond acceptors (Lipinski definition) is 3. The molecular weight excluding hydrogens is 350 g/mol. The molecule has 1 aromatic rings. The van der Waals surface area contributed by atoms with E-state index in [0.29, 0.717) is 18.1 Å². The molecule has 2 atom stereocenters. The van der Waals surface area contributed by atoms with Gasteiger partial charge in [0.1, 0.15) is 0 Å². The molecule has 140 valence electrons. The van der Waals surface area contributed by atoms with Crippen LogP contribution in [-0.4, -0.2) is 49.8 Å². The SMILES string of the molecule is O=C(Cc1cccc(Cl)c1)N1CCC[C@@]2(C3=CCOCC3)COCC[C@H]12. The molecule has 0 bridgehead atoms. The second-order valence-electron chi connectivity index (χ2n) is 7.56. The van der Waals surface area contributed by atoms with E-state index in [-0.39, 0.29) is 17.4 Å². The van der Waals surface area contributed by atoms with E-state index in [4.69, 9.17) is 21.1 Å². The number of ether oxygens (including phenoxy) is 2. The van der Waals surface area contributed by atoms with Crippen LogP contribution in [0.2, 0.25) is 5.02 Å². The summed E-state index contributed by atoms with van der Waals surface area (Å²) in [6.07, 6.45) is 6.64. The van der Waals surface area contributed by atoms with Gasteiger partial charge in [-0.2, -0.15) is 0 Å². The van der Waals surface area contributed by atoms with Crippen molar-refractivity contribution < 1.29 is 14.3 Å². The largest absolute Gasteiger partial charge is 0.380 e. The van der Waals surface area contributed by atoms with Crippen molar-refractivity contribution in [3.8, 4) is 0 Å². The molecule has 0 saturated carbocycles. The van der Waals surface area contributed by atoms with Gasteiger partial charge in [0.15, 0.2) is 0 Å². The molecule has 4 rings (SSSR count). The van der Waals surface area contributed by atoms with Gasteiger partial charge < -0.3 is 14.4 Å². The Morgan fingerprint density at radius 2 is 2.23 bits per heavy atom. The summed E-state index contributed by atoms with van der Waals surface area (Å²) in [6, 6.07) is 7.86. The zero-order valence-corrected chi connectivity index (χ0v) is 15.8. The van der Waals surface area contributed by atoms with Crippen LogP contribution in [0, 0.1) is 5.41 Å². The Kier molecular flexibility index (Phi) is 5.35. The summed E-state index contributed by atoms with van der Waals surface area (Å²) < 4.78 is 11.4. The number of carbonyl (C=O) groups excluding carboxylic acids is 1. The zero-order chi connectivity index (χ0) is 18.0. The number of halogens is 1. The quantitative estimate of drug-likeness (QED) is 0.757. The van der Waals surface area contributed by atoms with Gasteiger partial charge in [-0.15, -0.1) is 0 Å². The smallest absolute Gasteiger partial charge is 0.227 e. The maximum Gasteiger partial charge on any atom is 0.227 e. The molecule has 3 heterocycles. The lowest BCUT2D eigenvalue weighted by Crippen LogP contribution is -2.60. The number of hydrogen-bond donors (Lipinski definition) is 0. The Morgan fingerprint density at radius 3 is 3.04 bits per heavy atom. The summed E-state index contributed by atoms with van der Waals surface area (Å²) in [5.41, 5.74) is 2.40. The topological polar surface area (TPSA) is 38.8 Å². The van der Waals surface area contributed by atoms with Crippen molar-refractivity contribution in [3.63, 3.8) is 0 Å². The van der Waals surface area contributed by atoms with Gasteiger partial charge in [0.05, 0.1) is 26.2 Å². The van der Waals surface area contributed by atoms with Crippen molar-refractivity contribution in [1.29, 1.82) is 0 Å². The van der Waals surface area contributed by atoms with E-state index in [1.165, 1.54) is 5.57 Å². The fraction of sp³-hybridized carbons (Fsp3) is 0.571. The van der Waals surface area contributed by atoms with Crippen LogP contribution in [0.5, 0.6) is 0 Å². The highest BCUT2D eigenvalue weighted by Gasteiger charge is 2.50. The Hall–Kier alpha value is -1.36. The lowest BCUT2D eigenvalue weighted by atomic mass is 9.65. The molecule has 0 aromatic heterocycles. The summed E-state index contributed by atoms with van der Waals surface area (Å²) in [5, 5.41) is 0.682. The van der Waals surface area contributed by atoms with Crippen molar-refractivity contribution >= 4 is 17.5 Å². The van der Waals surface area contributed by atoms with Gasteiger partial charge in [0, 0.05) is 29.6 Å². The van der Waals surface area contributed by atoms with E-state index >= 15 is 0 Å². The predicted molar refractivity (Wildman–Crippen MR) is 101 cm³/mol. The summed E-state index contributed by atoms with van der Waals surface area (Å²) in [4.78, 5) is 15.3. The molecule has 0 unspecified atom stereocenters. The summed E-state index contributed by atoms with van der Waals surface area (Å²) in [7, 11) is 0. The predicted octanol–water partition coefficient (Wildman–Crippen LogP) is 3.63. The molecule has 1 aromatic carbocycles. The van der Waals surface area contributed by atoms with Crippen LogP contribution in [0.3, 0.4) is 0 Å². The molecule has 2 saturated heterocycles. The first-order valence-electron chi connectivity index (χ1n) is 9.58. The molecule has 0 radical (unpaired) electrons. The Labute approximate surface area is 160 Å². The standard InChI is InChI=1S/C21H26ClNO3/c22-18-4-1-3-16(13-18)14-20(24)23-9-2-8-21(15-26-12-7-19(21)23)17-5-10-25-11-6-17/h1,3-5,13,19H,2,6-12,14-15H2/t19-,21-/m0/s1. The van der Waals surface area contributed by atoms with Crippen LogP contribution in [0.1, 0.15) is 31.2 Å². The van der Waals surface area contributed by atoms with E-state index in [1.807, 2.05) is 24.3 Å². The second kappa shape index (κ2) is 7.71. The average Bonchev–Trinajstić information content (AvgIpc) is 2.68. The van der Waals surface area contributed by atoms with Gasteiger partial charge in [-0.3, -0.25) is 4.79 Å². The average molecular weight is 376 g/mol. The van der Waals surface area contributed by atoms with Crippen LogP contribution in [-0.2, 0) is 20.7 Å². The number of carbonyl (C=O) groups is 1. The third kappa shape index (κ3) is 3.42. The van der Waals surface area contributed by atoms with Crippen molar-refractivity contribution in [2.45, 2.75) is 38.1 Å². The Morgan fingerprint density at radius 1 is 1.31 bits per heavy atom. The molecule has 3 aliphatic heterocycles. The van der Waals surface area contributed by atoms with Crippen LogP contribution in [0.4, 0.5) is 0 Å². The Bertz CT molecular complexity index is 700. The number of likely N-dealkylation sites (tertiary alicyclic amines) is 1. The molecule has 1 amide bonds. The van der Waals surface area contributed by atoms with Gasteiger partial charge in [-0.05, 0) is 43.4 Å². The van der Waals surface area contributed by atoms with E-state index in [9.17, 15) is 4.79 Å². The number of benzene rings is 1. The molecule has 2 fully saturated rings. The van der Waals surface area contributed by atoms with Crippen LogP contribution < -0.4 is 0 Å². The number of nitrogens with zero attached hydrogens (tertiary/aromatic N) is 1. The van der Waals surface area contributed by atoms with Gasteiger partial charge in [0.25, 0.3) is 0 Å². The number of amides is 1. The second-order valence-corrected chi connectivity index (χ2v) is 8.00. The third-order valence-electron chi connectivity index (χ3n) is 6.10.